The Morgan fingerprint density at radius 2 is 0.967 bits per heavy atom. The van der Waals surface area contributed by atoms with Gasteiger partial charge in [-0.3, -0.25) is 9.59 Å². The van der Waals surface area contributed by atoms with Gasteiger partial charge in [-0.15, -0.1) is 0 Å². The number of allylic oxidation sites excluding steroid dienone is 15. The summed E-state index contributed by atoms with van der Waals surface area (Å²) in [5.74, 6) is -0.660. The van der Waals surface area contributed by atoms with Gasteiger partial charge in [0, 0.05) is 6.42 Å². The van der Waals surface area contributed by atoms with Gasteiger partial charge in [0.2, 0.25) is 5.91 Å². The van der Waals surface area contributed by atoms with E-state index < -0.39 is 18.2 Å². The fourth-order valence-electron chi connectivity index (χ4n) is 6.92. The van der Waals surface area contributed by atoms with E-state index in [0.717, 1.165) is 89.9 Å². The number of hydrogen-bond donors (Lipinski definition) is 3. The third-order valence-electron chi connectivity index (χ3n) is 10.7. The summed E-state index contributed by atoms with van der Waals surface area (Å²) in [5, 5.41) is 23.6. The van der Waals surface area contributed by atoms with Gasteiger partial charge >= 0.3 is 5.97 Å². The fourth-order valence-corrected chi connectivity index (χ4v) is 6.92. The minimum atomic E-state index is -0.826. The van der Waals surface area contributed by atoms with Crippen LogP contribution in [0.15, 0.2) is 97.2 Å². The van der Waals surface area contributed by atoms with Gasteiger partial charge in [0.25, 0.3) is 0 Å². The Labute approximate surface area is 376 Å². The van der Waals surface area contributed by atoms with Gasteiger partial charge in [-0.05, 0) is 76.7 Å². The quantitative estimate of drug-likeness (QED) is 0.0246. The second-order valence-corrected chi connectivity index (χ2v) is 16.5. The van der Waals surface area contributed by atoms with Crippen molar-refractivity contribution in [1.82, 2.24) is 5.32 Å². The van der Waals surface area contributed by atoms with E-state index in [1.807, 2.05) is 6.08 Å². The number of hydrogen-bond acceptors (Lipinski definition) is 5. The molecule has 0 aliphatic rings. The summed E-state index contributed by atoms with van der Waals surface area (Å²) in [4.78, 5) is 26.0. The van der Waals surface area contributed by atoms with E-state index in [-0.39, 0.29) is 24.9 Å². The molecule has 0 fully saturated rings. The van der Waals surface area contributed by atoms with E-state index in [1.54, 1.807) is 6.08 Å². The van der Waals surface area contributed by atoms with Crippen LogP contribution >= 0.6 is 0 Å². The van der Waals surface area contributed by atoms with Crippen LogP contribution in [0.2, 0.25) is 0 Å². The first-order valence-electron chi connectivity index (χ1n) is 25.0. The van der Waals surface area contributed by atoms with Crippen molar-refractivity contribution >= 4 is 11.9 Å². The summed E-state index contributed by atoms with van der Waals surface area (Å²) in [6.07, 6.45) is 63.5. The maximum Gasteiger partial charge on any atom is 0.306 e. The molecule has 0 saturated heterocycles. The SMILES string of the molecule is CC/C=C/C/C=C/C/C=C/C/C=C/C/C=C/C(CC(=O)NC(CO)C(O)CCCCCCCCCCCC)OC(=O)CCCCCCC/C=C/C=C/C=C/CCCCCCC. The monoisotopic (exact) mass is 848 g/mol. The smallest absolute Gasteiger partial charge is 0.306 e. The molecule has 0 bridgehead atoms. The minimum absolute atomic E-state index is 0.0595. The molecule has 0 rings (SSSR count). The molecule has 0 aromatic heterocycles. The number of carbonyl (C=O) groups excluding carboxylic acids is 2. The topological polar surface area (TPSA) is 95.9 Å². The predicted molar refractivity (Wildman–Crippen MR) is 264 cm³/mol. The second kappa shape index (κ2) is 47.8. The largest absolute Gasteiger partial charge is 0.458 e. The molecule has 0 aliphatic carbocycles. The molecule has 0 aliphatic heterocycles. The van der Waals surface area contributed by atoms with Crippen LogP contribution in [-0.4, -0.2) is 46.9 Å². The molecular formula is C55H93NO5. The van der Waals surface area contributed by atoms with E-state index in [1.165, 1.54) is 77.0 Å². The van der Waals surface area contributed by atoms with Crippen molar-refractivity contribution in [2.24, 2.45) is 0 Å². The average Bonchev–Trinajstić information content (AvgIpc) is 3.25. The zero-order valence-corrected chi connectivity index (χ0v) is 39.5. The van der Waals surface area contributed by atoms with Gasteiger partial charge in [-0.25, -0.2) is 0 Å². The van der Waals surface area contributed by atoms with Gasteiger partial charge in [0.15, 0.2) is 0 Å². The Morgan fingerprint density at radius 1 is 0.525 bits per heavy atom. The van der Waals surface area contributed by atoms with E-state index in [2.05, 4.69) is 111 Å². The number of ether oxygens (including phenoxy) is 1. The first-order valence-corrected chi connectivity index (χ1v) is 25.0. The van der Waals surface area contributed by atoms with Gasteiger partial charge in [-0.1, -0.05) is 221 Å². The third-order valence-corrected chi connectivity index (χ3v) is 10.7. The number of aliphatic hydroxyl groups is 2. The second-order valence-electron chi connectivity index (χ2n) is 16.5. The van der Waals surface area contributed by atoms with Crippen molar-refractivity contribution in [1.29, 1.82) is 0 Å². The molecule has 1 amide bonds. The molecule has 0 spiro atoms. The number of amides is 1. The number of unbranched alkanes of at least 4 members (excludes halogenated alkanes) is 19. The number of esters is 1. The average molecular weight is 848 g/mol. The molecule has 3 N–H and O–H groups in total. The Hall–Kier alpha value is -3.22. The molecule has 61 heavy (non-hydrogen) atoms. The molecule has 0 heterocycles. The lowest BCUT2D eigenvalue weighted by atomic mass is 10.0. The zero-order valence-electron chi connectivity index (χ0n) is 39.5. The van der Waals surface area contributed by atoms with Crippen molar-refractivity contribution in [3.8, 4) is 0 Å². The first kappa shape index (κ1) is 57.8. The van der Waals surface area contributed by atoms with E-state index >= 15 is 0 Å². The molecule has 0 aromatic carbocycles. The summed E-state index contributed by atoms with van der Waals surface area (Å²) in [7, 11) is 0. The fraction of sp³-hybridized carbons (Fsp3) is 0.673. The molecule has 3 unspecified atom stereocenters. The van der Waals surface area contributed by atoms with Crippen molar-refractivity contribution in [3.05, 3.63) is 97.2 Å². The number of rotatable bonds is 43. The molecule has 0 saturated carbocycles. The maximum absolute atomic E-state index is 13.1. The summed E-state index contributed by atoms with van der Waals surface area (Å²) in [5.41, 5.74) is 0. The molecule has 3 atom stereocenters. The van der Waals surface area contributed by atoms with Gasteiger partial charge < -0.3 is 20.3 Å². The Morgan fingerprint density at radius 3 is 1.46 bits per heavy atom. The zero-order chi connectivity index (χ0) is 44.5. The highest BCUT2D eigenvalue weighted by atomic mass is 16.5. The Balaban J connectivity index is 4.78. The van der Waals surface area contributed by atoms with E-state index in [9.17, 15) is 19.8 Å². The van der Waals surface area contributed by atoms with E-state index in [4.69, 9.17) is 4.74 Å². The van der Waals surface area contributed by atoms with Crippen LogP contribution in [-0.2, 0) is 14.3 Å². The summed E-state index contributed by atoms with van der Waals surface area (Å²) in [6.45, 7) is 6.28. The van der Waals surface area contributed by atoms with Gasteiger partial charge in [-0.2, -0.15) is 0 Å². The lowest BCUT2D eigenvalue weighted by molar-refractivity contribution is -0.148. The molecule has 0 aromatic rings. The molecule has 6 heteroatoms. The van der Waals surface area contributed by atoms with Crippen molar-refractivity contribution in [3.63, 3.8) is 0 Å². The summed E-state index contributed by atoms with van der Waals surface area (Å²) >= 11 is 0. The van der Waals surface area contributed by atoms with Crippen LogP contribution in [0.5, 0.6) is 0 Å². The summed E-state index contributed by atoms with van der Waals surface area (Å²) < 4.78 is 5.80. The van der Waals surface area contributed by atoms with Crippen LogP contribution in [0.25, 0.3) is 0 Å². The van der Waals surface area contributed by atoms with Crippen LogP contribution < -0.4 is 5.32 Å². The van der Waals surface area contributed by atoms with Gasteiger partial charge in [0.05, 0.1) is 25.2 Å². The van der Waals surface area contributed by atoms with Crippen LogP contribution in [0.3, 0.4) is 0 Å². The first-order chi connectivity index (χ1) is 30.0. The lowest BCUT2D eigenvalue weighted by Crippen LogP contribution is -2.46. The Kier molecular flexibility index (Phi) is 45.3. The van der Waals surface area contributed by atoms with E-state index in [0.29, 0.717) is 19.3 Å². The van der Waals surface area contributed by atoms with Crippen molar-refractivity contribution in [2.45, 2.75) is 232 Å². The molecular weight excluding hydrogens is 755 g/mol. The summed E-state index contributed by atoms with van der Waals surface area (Å²) in [6, 6.07) is -0.750. The van der Waals surface area contributed by atoms with Crippen molar-refractivity contribution < 1.29 is 24.5 Å². The maximum atomic E-state index is 13.1. The molecule has 6 nitrogen and oxygen atoms in total. The highest BCUT2D eigenvalue weighted by molar-refractivity contribution is 5.78. The highest BCUT2D eigenvalue weighted by Gasteiger charge is 2.23. The number of carbonyl (C=O) groups is 2. The van der Waals surface area contributed by atoms with Crippen molar-refractivity contribution in [2.75, 3.05) is 6.61 Å². The normalized spacial score (nSPS) is 14.1. The number of aliphatic hydroxyl groups excluding tert-OH is 2. The lowest BCUT2D eigenvalue weighted by Gasteiger charge is -2.23. The van der Waals surface area contributed by atoms with Crippen LogP contribution in [0.1, 0.15) is 213 Å². The number of nitrogens with one attached hydrogen (secondary N) is 1. The third kappa shape index (κ3) is 43.2. The van der Waals surface area contributed by atoms with Crippen LogP contribution in [0.4, 0.5) is 0 Å². The van der Waals surface area contributed by atoms with Crippen LogP contribution in [0, 0.1) is 0 Å². The predicted octanol–water partition coefficient (Wildman–Crippen LogP) is 14.9. The standard InChI is InChI=1S/C55H93NO5/c1-4-7-10-13-16-19-22-24-26-27-28-29-31-33-36-39-42-45-48-55(60)61-51(46-43-40-37-34-32-30-25-23-20-17-14-11-8-5-2)49-54(59)56-52(50-57)53(58)47-44-41-38-35-21-18-15-12-9-6-3/h8,11,17,20,22,24-30,34,37,43,46,51-53,57-58H,4-7,9-10,12-16,18-19,21,23,31-33,35-36,38-42,44-45,47-50H2,1-3H3,(H,56,59)/b11-8+,20-17+,24-22+,27-26+,29-28+,30-25+,37-34+,46-43+. The van der Waals surface area contributed by atoms with Gasteiger partial charge in [0.1, 0.15) is 6.10 Å². The highest BCUT2D eigenvalue weighted by Crippen LogP contribution is 2.15. The molecule has 0 radical (unpaired) electrons. The molecule has 348 valence electrons. The Bertz CT molecular complexity index is 1220. The minimum Gasteiger partial charge on any atom is -0.458 e.